The van der Waals surface area contributed by atoms with Gasteiger partial charge in [0, 0.05) is 140 Å². The van der Waals surface area contributed by atoms with E-state index in [0.717, 1.165) is 74.5 Å². The van der Waals surface area contributed by atoms with Crippen molar-refractivity contribution in [2.75, 3.05) is 81.6 Å². The van der Waals surface area contributed by atoms with Crippen molar-refractivity contribution in [3.05, 3.63) is 160 Å². The molecule has 5 amide bonds. The number of unbranched alkanes of at least 4 members (excludes halogenated alkanes) is 3. The van der Waals surface area contributed by atoms with Gasteiger partial charge in [-0.15, -0.1) is 0 Å². The number of aromatic hydroxyl groups is 1. The maximum Gasteiger partial charge on any atom is 0.340 e. The lowest BCUT2D eigenvalue weighted by molar-refractivity contribution is -0.149. The molecule has 6 aromatic rings. The van der Waals surface area contributed by atoms with Gasteiger partial charge < -0.3 is 55.5 Å². The third-order valence-corrected chi connectivity index (χ3v) is 23.4. The fourth-order valence-corrected chi connectivity index (χ4v) is 18.2. The van der Waals surface area contributed by atoms with E-state index in [1.165, 1.54) is 26.8 Å². The predicted octanol–water partition coefficient (Wildman–Crippen LogP) is 11.2. The summed E-state index contributed by atoms with van der Waals surface area (Å²) in [6, 6.07) is 31.8. The van der Waals surface area contributed by atoms with Crippen LogP contribution in [0.15, 0.2) is 137 Å². The Hall–Kier alpha value is -8.23. The van der Waals surface area contributed by atoms with E-state index < -0.39 is 63.6 Å². The first-order valence-electron chi connectivity index (χ1n) is 33.0. The summed E-state index contributed by atoms with van der Waals surface area (Å²) in [5.74, 6) is -0.299. The molecule has 3 aliphatic rings. The number of hydrogen-bond acceptors (Lipinski definition) is 13. The Balaban J connectivity index is 0.753. The van der Waals surface area contributed by atoms with E-state index in [1.807, 2.05) is 110 Å². The summed E-state index contributed by atoms with van der Waals surface area (Å²) in [6.45, 7) is 6.48. The van der Waals surface area contributed by atoms with E-state index in [4.69, 9.17) is 9.47 Å². The minimum atomic E-state index is -1.68. The molecule has 3 aliphatic heterocycles. The second kappa shape index (κ2) is 31.8. The number of cyclic esters (lactones) is 1. The molecule has 0 saturated carbocycles. The minimum Gasteiger partial charge on any atom is -0.508 e. The van der Waals surface area contributed by atoms with Crippen LogP contribution in [0.25, 0.3) is 10.9 Å². The fourth-order valence-electron chi connectivity index (χ4n) is 13.0. The number of rotatable bonds is 22. The monoisotopic (exact) mass is 1320 g/mol. The molecule has 502 valence electrons. The highest BCUT2D eigenvalue weighted by molar-refractivity contribution is 8.33. The Morgan fingerprint density at radius 2 is 1.39 bits per heavy atom. The molecule has 9 rings (SSSR count). The molecule has 18 nitrogen and oxygen atoms in total. The lowest BCUT2D eigenvalue weighted by Crippen LogP contribution is -2.56. The number of benzene rings is 5. The number of H-pyrrole nitrogens is 1. The smallest absolute Gasteiger partial charge is 0.340 e. The summed E-state index contributed by atoms with van der Waals surface area (Å²) in [7, 11) is 8.05. The molecule has 5 atom stereocenters. The third-order valence-electron chi connectivity index (χ3n) is 18.5. The first kappa shape index (κ1) is 70.1. The number of ether oxygens (including phenoxy) is 2. The number of aromatic amines is 1. The number of anilines is 2. The van der Waals surface area contributed by atoms with Crippen molar-refractivity contribution in [2.45, 2.75) is 144 Å². The fraction of sp³-hybridized carbons (Fsp3) is 0.446. The highest BCUT2D eigenvalue weighted by Crippen LogP contribution is 2.71. The Morgan fingerprint density at radius 3 is 2.09 bits per heavy atom. The van der Waals surface area contributed by atoms with Gasteiger partial charge in [0.15, 0.2) is 5.60 Å². The average molecular weight is 1320 g/mol. The minimum absolute atomic E-state index is 0.00364. The zero-order valence-electron chi connectivity index (χ0n) is 55.9. The molecule has 0 unspecified atom stereocenters. The highest BCUT2D eigenvalue weighted by atomic mass is 32.3. The van der Waals surface area contributed by atoms with E-state index >= 15 is 0 Å². The number of thioether (sulfide) groups is 1. The largest absolute Gasteiger partial charge is 0.508 e. The zero-order valence-corrected chi connectivity index (χ0v) is 57.6. The Morgan fingerprint density at radius 1 is 0.745 bits per heavy atom. The van der Waals surface area contributed by atoms with E-state index in [0.29, 0.717) is 81.3 Å². The number of carbonyl (C=O) groups is 7. The molecular weight excluding hydrogens is 1220 g/mol. The van der Waals surface area contributed by atoms with Gasteiger partial charge >= 0.3 is 11.9 Å². The number of fused-ring (bicyclic) bond motifs is 7. The van der Waals surface area contributed by atoms with Crippen LogP contribution < -0.4 is 31.1 Å². The number of allylic oxidation sites excluding steroid dienone is 2. The first-order chi connectivity index (χ1) is 45.1. The van der Waals surface area contributed by atoms with Crippen LogP contribution in [0, 0.1) is 5.92 Å². The lowest BCUT2D eigenvalue weighted by atomic mass is 9.79. The van der Waals surface area contributed by atoms with Crippen LogP contribution in [0.3, 0.4) is 0 Å². The predicted molar refractivity (Wildman–Crippen MR) is 375 cm³/mol. The van der Waals surface area contributed by atoms with Gasteiger partial charge in [0.1, 0.15) is 17.8 Å². The summed E-state index contributed by atoms with van der Waals surface area (Å²) in [5, 5.41) is 23.2. The molecule has 1 aromatic heterocycles. The van der Waals surface area contributed by atoms with Gasteiger partial charge in [0.2, 0.25) is 29.5 Å². The molecular formula is C74H94N8O10S2. The maximum absolute atomic E-state index is 14.9. The van der Waals surface area contributed by atoms with Crippen LogP contribution in [0.1, 0.15) is 142 Å². The van der Waals surface area contributed by atoms with Gasteiger partial charge in [-0.05, 0) is 137 Å². The Bertz CT molecular complexity index is 3680. The summed E-state index contributed by atoms with van der Waals surface area (Å²) < 4.78 is 12.4. The van der Waals surface area contributed by atoms with Crippen molar-refractivity contribution >= 4 is 85.5 Å². The van der Waals surface area contributed by atoms with Crippen LogP contribution >= 0.6 is 21.8 Å². The molecule has 0 radical (unpaired) electrons. The van der Waals surface area contributed by atoms with Gasteiger partial charge in [-0.2, -0.15) is 21.8 Å². The number of likely N-dealkylation sites (N-methyl/N-ethyl adjacent to an activating group) is 1. The average Bonchev–Trinajstić information content (AvgIpc) is 1.26. The SMILES string of the molecule is C/C1=C\CC[C@H](C)OC(=O)C[C@H](c2ccc(O)cc2)NC(=O)[C@@H](Cc2c[nH]c3ccccc23)N(C)C(=O)[C@H](CCCCNC(=O)CCCCCNC(=O)CCSCCS2(C)c3cc(N(C)C)ccc3C3(OC(=O)c4ccccc43)c3ccc(N(C)C)cc32)NC(=O)[C@@H](C)C1. The normalized spacial score (nSPS) is 23.1. The lowest BCUT2D eigenvalue weighted by Gasteiger charge is -2.49. The van der Waals surface area contributed by atoms with Gasteiger partial charge in [-0.25, -0.2) is 4.79 Å². The van der Waals surface area contributed by atoms with E-state index in [9.17, 15) is 38.7 Å². The van der Waals surface area contributed by atoms with Crippen molar-refractivity contribution in [3.63, 3.8) is 0 Å². The zero-order chi connectivity index (χ0) is 67.3. The van der Waals surface area contributed by atoms with E-state index in [2.05, 4.69) is 78.7 Å². The van der Waals surface area contributed by atoms with Crippen molar-refractivity contribution in [2.24, 2.45) is 5.92 Å². The quantitative estimate of drug-likeness (QED) is 0.0211. The Labute approximate surface area is 559 Å². The first-order valence-corrected chi connectivity index (χ1v) is 36.3. The van der Waals surface area contributed by atoms with Gasteiger partial charge in [0.25, 0.3) is 0 Å². The number of para-hydroxylation sites is 1. The van der Waals surface area contributed by atoms with E-state index in [-0.39, 0.29) is 48.7 Å². The molecule has 6 N–H and O–H groups in total. The molecule has 0 fully saturated rings. The van der Waals surface area contributed by atoms with Gasteiger partial charge in [-0.3, -0.25) is 28.8 Å². The van der Waals surface area contributed by atoms with Crippen LogP contribution in [0.2, 0.25) is 0 Å². The third kappa shape index (κ3) is 16.6. The molecule has 0 aliphatic carbocycles. The number of nitrogens with one attached hydrogen (secondary N) is 5. The number of esters is 2. The van der Waals surface area contributed by atoms with E-state index in [1.54, 1.807) is 30.9 Å². The second-order valence-electron chi connectivity index (χ2n) is 25.9. The van der Waals surface area contributed by atoms with Gasteiger partial charge in [0.05, 0.1) is 24.1 Å². The molecule has 4 heterocycles. The molecule has 94 heavy (non-hydrogen) atoms. The molecule has 20 heteroatoms. The van der Waals surface area contributed by atoms with Crippen LogP contribution in [0.4, 0.5) is 11.4 Å². The van der Waals surface area contributed by atoms with Crippen LogP contribution in [-0.4, -0.2) is 146 Å². The number of aromatic nitrogens is 1. The number of nitrogens with zero attached hydrogens (tertiary/aromatic N) is 3. The summed E-state index contributed by atoms with van der Waals surface area (Å²) in [6.07, 6.45) is 11.5. The molecule has 5 aromatic carbocycles. The number of phenolic OH excluding ortho intramolecular Hbond substituents is 1. The second-order valence-corrected chi connectivity index (χ2v) is 30.6. The van der Waals surface area contributed by atoms with Crippen molar-refractivity contribution < 1.29 is 48.1 Å². The number of amides is 5. The molecule has 0 saturated heterocycles. The van der Waals surface area contributed by atoms with Crippen molar-refractivity contribution in [3.8, 4) is 5.75 Å². The summed E-state index contributed by atoms with van der Waals surface area (Å²) in [5.41, 5.74) is 7.75. The molecule has 1 spiro atoms. The summed E-state index contributed by atoms with van der Waals surface area (Å²) >= 11 is 1.78. The molecule has 0 bridgehead atoms. The highest BCUT2D eigenvalue weighted by Gasteiger charge is 2.55. The number of phenols is 1. The number of carbonyl (C=O) groups excluding carboxylic acids is 7. The van der Waals surface area contributed by atoms with Crippen LogP contribution in [0.5, 0.6) is 5.75 Å². The van der Waals surface area contributed by atoms with Crippen molar-refractivity contribution in [1.29, 1.82) is 0 Å². The number of hydrogen-bond donors (Lipinski definition) is 6. The topological polar surface area (TPSA) is 232 Å². The van der Waals surface area contributed by atoms with Crippen LogP contribution in [-0.2, 0) is 50.3 Å². The Kier molecular flexibility index (Phi) is 23.7. The maximum atomic E-state index is 14.9. The standard InChI is InChI=1S/C74H94N8O10S2/c1-48-20-19-21-50(3)91-69(86)46-63(51-28-32-55(83)33-29-51)79-71(88)64(43-52-47-77-61-25-15-13-22-56(52)61)82(8)72(89)62(78-70(87)49(2)42-48)26-16-18-38-75-67(84)27-11-10-17-37-76-68(85)36-39-93-40-41-94(9)65-44-53(80(4)5)30-34-59(65)74(58-24-14-12-23-57(58)73(90)92-74)60-35-31-54(81(6)7)45-66(60)94/h12-15,20,22-25,28-35,44-45,47,49-50,62-64,77,83H,10-11,16-19,21,26-27,36-43,46H2,1-9H3,(H,75,84)(H,76,85)(H,78,87)(H,79,88)/b48-20+/t49-,50-,62-,63+,64+/m0/s1. The van der Waals surface area contributed by atoms with Crippen molar-refractivity contribution in [1.82, 2.24) is 31.2 Å². The summed E-state index contributed by atoms with van der Waals surface area (Å²) in [4.78, 5) is 108. The van der Waals surface area contributed by atoms with Gasteiger partial charge in [-0.1, -0.05) is 85.7 Å².